The zero-order valence-electron chi connectivity index (χ0n) is 20.1. The summed E-state index contributed by atoms with van der Waals surface area (Å²) in [5.74, 6) is 2.71. The molecule has 0 radical (unpaired) electrons. The highest BCUT2D eigenvalue weighted by Gasteiger charge is 2.23. The Morgan fingerprint density at radius 1 is 1.03 bits per heavy atom. The number of aromatic nitrogens is 3. The molecule has 0 atom stereocenters. The number of rotatable bonds is 7. The Balaban J connectivity index is 1.12. The van der Waals surface area contributed by atoms with E-state index in [1.54, 1.807) is 6.20 Å². The minimum absolute atomic E-state index is 0.0462. The lowest BCUT2D eigenvalue weighted by Crippen LogP contribution is -2.34. The van der Waals surface area contributed by atoms with Crippen molar-refractivity contribution in [2.45, 2.75) is 31.7 Å². The molecule has 2 N–H and O–H groups in total. The Bertz CT molecular complexity index is 1280. The Morgan fingerprint density at radius 2 is 1.80 bits per heavy atom. The smallest absolute Gasteiger partial charge is 0.251 e. The third-order valence-electron chi connectivity index (χ3n) is 6.60. The molecule has 2 aromatic heterocycles. The normalized spacial score (nSPS) is 17.8. The summed E-state index contributed by atoms with van der Waals surface area (Å²) in [4.78, 5) is 28.1. The van der Waals surface area contributed by atoms with Crippen LogP contribution in [-0.4, -0.2) is 47.5 Å². The van der Waals surface area contributed by atoms with Gasteiger partial charge >= 0.3 is 0 Å². The number of amides is 1. The molecule has 0 spiro atoms. The van der Waals surface area contributed by atoms with E-state index in [9.17, 15) is 4.79 Å². The summed E-state index contributed by atoms with van der Waals surface area (Å²) < 4.78 is 5.30. The van der Waals surface area contributed by atoms with Gasteiger partial charge in [0.1, 0.15) is 5.82 Å². The molecule has 0 saturated heterocycles. The van der Waals surface area contributed by atoms with Crippen molar-refractivity contribution in [2.75, 3.05) is 30.9 Å². The van der Waals surface area contributed by atoms with Crippen molar-refractivity contribution in [3.05, 3.63) is 66.7 Å². The summed E-state index contributed by atoms with van der Waals surface area (Å²) in [6, 6.07) is 15.8. The lowest BCUT2D eigenvalue weighted by Gasteiger charge is -2.29. The number of para-hydroxylation sites is 1. The number of hydrogen-bond donors (Lipinski definition) is 2. The van der Waals surface area contributed by atoms with Gasteiger partial charge in [-0.25, -0.2) is 9.97 Å². The van der Waals surface area contributed by atoms with Crippen molar-refractivity contribution in [2.24, 2.45) is 5.92 Å². The number of hydrogen-bond acceptors (Lipinski definition) is 7. The second-order valence-corrected chi connectivity index (χ2v) is 9.30. The molecule has 35 heavy (non-hydrogen) atoms. The number of fused-ring (bicyclic) bond motifs is 1. The number of oxazole rings is 1. The first-order chi connectivity index (χ1) is 17.1. The van der Waals surface area contributed by atoms with E-state index < -0.39 is 0 Å². The molecule has 1 saturated carbocycles. The first-order valence-electron chi connectivity index (χ1n) is 12.0. The number of anilines is 2. The van der Waals surface area contributed by atoms with Gasteiger partial charge in [-0.15, -0.1) is 0 Å². The third-order valence-corrected chi connectivity index (χ3v) is 6.60. The molecule has 0 aliphatic heterocycles. The Hall–Kier alpha value is -3.94. The van der Waals surface area contributed by atoms with Crippen LogP contribution in [0.3, 0.4) is 0 Å². The van der Waals surface area contributed by atoms with Crippen molar-refractivity contribution in [3.63, 3.8) is 0 Å². The number of nitrogens with one attached hydrogen (secondary N) is 2. The number of carbonyl (C=O) groups is 1. The van der Waals surface area contributed by atoms with Gasteiger partial charge in [0.2, 0.25) is 5.95 Å². The molecule has 1 aliphatic carbocycles. The highest BCUT2D eigenvalue weighted by atomic mass is 16.3. The lowest BCUT2D eigenvalue weighted by molar-refractivity contribution is 0.0943. The van der Waals surface area contributed by atoms with Crippen LogP contribution in [0.15, 0.2) is 65.5 Å². The maximum Gasteiger partial charge on any atom is 0.251 e. The standard InChI is InChI=1S/C27H30N6O2/c1-33(2)25-22-5-3-4-6-23(22)31-27(32-25)30-21-13-7-18(8-14-21)15-29-26(34)20-11-9-19(10-12-20)24-16-28-17-35-24/h3-6,9-12,16-18,21H,7-8,13-15H2,1-2H3,(H,29,34)(H,30,31,32). The topological polar surface area (TPSA) is 96.2 Å². The fraction of sp³-hybridized carbons (Fsp3) is 0.333. The van der Waals surface area contributed by atoms with Crippen molar-refractivity contribution in [1.82, 2.24) is 20.3 Å². The van der Waals surface area contributed by atoms with Gasteiger partial charge in [-0.3, -0.25) is 4.79 Å². The second kappa shape index (κ2) is 10.1. The van der Waals surface area contributed by atoms with Crippen LogP contribution in [0.25, 0.3) is 22.2 Å². The Kier molecular flexibility index (Phi) is 6.61. The number of benzene rings is 2. The quantitative estimate of drug-likeness (QED) is 0.402. The van der Waals surface area contributed by atoms with Crippen molar-refractivity contribution in [1.29, 1.82) is 0 Å². The monoisotopic (exact) mass is 470 g/mol. The van der Waals surface area contributed by atoms with Crippen molar-refractivity contribution in [3.8, 4) is 11.3 Å². The summed E-state index contributed by atoms with van der Waals surface area (Å²) in [6.07, 6.45) is 7.22. The Labute approximate surface area is 204 Å². The van der Waals surface area contributed by atoms with Crippen LogP contribution in [0.4, 0.5) is 11.8 Å². The number of carbonyl (C=O) groups excluding carboxylic acids is 1. The van der Waals surface area contributed by atoms with E-state index in [1.807, 2.05) is 61.5 Å². The van der Waals surface area contributed by atoms with Crippen LogP contribution in [0, 0.1) is 5.92 Å². The molecule has 2 aromatic carbocycles. The SMILES string of the molecule is CN(C)c1nc(NC2CCC(CNC(=O)c3ccc(-c4cnco4)cc3)CC2)nc2ccccc12. The van der Waals surface area contributed by atoms with Gasteiger partial charge < -0.3 is 20.0 Å². The fourth-order valence-electron chi connectivity index (χ4n) is 4.64. The minimum Gasteiger partial charge on any atom is -0.444 e. The van der Waals surface area contributed by atoms with Gasteiger partial charge in [0.05, 0.1) is 11.7 Å². The molecule has 8 nitrogen and oxygen atoms in total. The van der Waals surface area contributed by atoms with Gasteiger partial charge in [0, 0.05) is 43.2 Å². The van der Waals surface area contributed by atoms with Crippen LogP contribution in [0.1, 0.15) is 36.0 Å². The van der Waals surface area contributed by atoms with Crippen molar-refractivity contribution >= 4 is 28.6 Å². The molecule has 1 aliphatic rings. The highest BCUT2D eigenvalue weighted by molar-refractivity contribution is 5.94. The van der Waals surface area contributed by atoms with E-state index in [4.69, 9.17) is 14.4 Å². The lowest BCUT2D eigenvalue weighted by atomic mass is 9.86. The van der Waals surface area contributed by atoms with E-state index in [-0.39, 0.29) is 5.91 Å². The maximum atomic E-state index is 12.6. The third kappa shape index (κ3) is 5.26. The molecular formula is C27H30N6O2. The van der Waals surface area contributed by atoms with Crippen LogP contribution < -0.4 is 15.5 Å². The predicted molar refractivity (Wildman–Crippen MR) is 138 cm³/mol. The first-order valence-corrected chi connectivity index (χ1v) is 12.0. The predicted octanol–water partition coefficient (Wildman–Crippen LogP) is 4.75. The van der Waals surface area contributed by atoms with Crippen LogP contribution in [0.5, 0.6) is 0 Å². The van der Waals surface area contributed by atoms with Gasteiger partial charge in [0.15, 0.2) is 12.2 Å². The molecule has 2 heterocycles. The average Bonchev–Trinajstić information content (AvgIpc) is 3.43. The molecule has 0 unspecified atom stereocenters. The van der Waals surface area contributed by atoms with Gasteiger partial charge in [-0.2, -0.15) is 4.98 Å². The zero-order valence-corrected chi connectivity index (χ0v) is 20.1. The highest BCUT2D eigenvalue weighted by Crippen LogP contribution is 2.28. The molecule has 1 fully saturated rings. The van der Waals surface area contributed by atoms with Gasteiger partial charge in [0.25, 0.3) is 5.91 Å². The molecule has 180 valence electrons. The largest absolute Gasteiger partial charge is 0.444 e. The number of nitrogens with zero attached hydrogens (tertiary/aromatic N) is 4. The summed E-state index contributed by atoms with van der Waals surface area (Å²) in [5.41, 5.74) is 2.49. The van der Waals surface area contributed by atoms with Crippen molar-refractivity contribution < 1.29 is 9.21 Å². The van der Waals surface area contributed by atoms with E-state index in [1.165, 1.54) is 6.39 Å². The maximum absolute atomic E-state index is 12.6. The van der Waals surface area contributed by atoms with E-state index in [0.717, 1.165) is 48.0 Å². The van der Waals surface area contributed by atoms with Gasteiger partial charge in [-0.1, -0.05) is 24.3 Å². The second-order valence-electron chi connectivity index (χ2n) is 9.30. The first kappa shape index (κ1) is 22.8. The summed E-state index contributed by atoms with van der Waals surface area (Å²) in [6.45, 7) is 0.687. The van der Waals surface area contributed by atoms with Gasteiger partial charge in [-0.05, 0) is 55.9 Å². The summed E-state index contributed by atoms with van der Waals surface area (Å²) >= 11 is 0. The van der Waals surface area contributed by atoms with Crippen LogP contribution in [0.2, 0.25) is 0 Å². The molecular weight excluding hydrogens is 440 g/mol. The summed E-state index contributed by atoms with van der Waals surface area (Å²) in [7, 11) is 4.01. The van der Waals surface area contributed by atoms with E-state index >= 15 is 0 Å². The molecule has 4 aromatic rings. The van der Waals surface area contributed by atoms with E-state index in [0.29, 0.717) is 35.8 Å². The molecule has 8 heteroatoms. The molecule has 5 rings (SSSR count). The van der Waals surface area contributed by atoms with Crippen LogP contribution in [-0.2, 0) is 0 Å². The van der Waals surface area contributed by atoms with Crippen LogP contribution >= 0.6 is 0 Å². The molecule has 1 amide bonds. The fourth-order valence-corrected chi connectivity index (χ4v) is 4.64. The average molecular weight is 471 g/mol. The minimum atomic E-state index is -0.0462. The van der Waals surface area contributed by atoms with E-state index in [2.05, 4.69) is 21.7 Å². The Morgan fingerprint density at radius 3 is 2.51 bits per heavy atom. The molecule has 0 bridgehead atoms. The summed E-state index contributed by atoms with van der Waals surface area (Å²) in [5, 5.41) is 7.70. The zero-order chi connectivity index (χ0) is 24.2.